The van der Waals surface area contributed by atoms with E-state index in [0.29, 0.717) is 27.6 Å². The summed E-state index contributed by atoms with van der Waals surface area (Å²) in [5.74, 6) is -2.25. The first-order valence-electron chi connectivity index (χ1n) is 10.0. The van der Waals surface area contributed by atoms with Crippen LogP contribution in [0.25, 0.3) is 5.76 Å². The number of rotatable bonds is 5. The van der Waals surface area contributed by atoms with E-state index < -0.39 is 23.7 Å². The predicted molar refractivity (Wildman–Crippen MR) is 127 cm³/mol. The lowest BCUT2D eigenvalue weighted by Crippen LogP contribution is -2.29. The highest BCUT2D eigenvalue weighted by Gasteiger charge is 2.48. The lowest BCUT2D eigenvalue weighted by Gasteiger charge is -2.23. The van der Waals surface area contributed by atoms with Crippen LogP contribution in [-0.2, 0) is 14.3 Å². The molecule has 0 spiro atoms. The van der Waals surface area contributed by atoms with Crippen molar-refractivity contribution >= 4 is 51.5 Å². The van der Waals surface area contributed by atoms with Crippen LogP contribution in [0.1, 0.15) is 32.5 Å². The summed E-state index contributed by atoms with van der Waals surface area (Å²) in [5.41, 5.74) is 1.08. The first-order chi connectivity index (χ1) is 16.3. The maximum atomic E-state index is 13.2. The van der Waals surface area contributed by atoms with Crippen molar-refractivity contribution in [3.8, 4) is 5.75 Å². The number of carbonyl (C=O) groups excluding carboxylic acids is 3. The molecule has 1 N–H and O–H groups in total. The minimum Gasteiger partial charge on any atom is -0.507 e. The predicted octanol–water partition coefficient (Wildman–Crippen LogP) is 4.53. The van der Waals surface area contributed by atoms with Gasteiger partial charge in [-0.15, -0.1) is 0 Å². The summed E-state index contributed by atoms with van der Waals surface area (Å²) in [6, 6.07) is 12.1. The Balaban J connectivity index is 1.93. The molecule has 4 rings (SSSR count). The zero-order valence-electron chi connectivity index (χ0n) is 18.4. The third-order valence-electron chi connectivity index (χ3n) is 5.34. The summed E-state index contributed by atoms with van der Waals surface area (Å²) in [7, 11) is 2.73. The normalized spacial score (nSPS) is 17.2. The summed E-state index contributed by atoms with van der Waals surface area (Å²) < 4.78 is 10.0. The molecule has 2 heterocycles. The number of aryl methyl sites for hydroxylation is 1. The van der Waals surface area contributed by atoms with E-state index in [1.54, 1.807) is 55.5 Å². The largest absolute Gasteiger partial charge is 0.507 e. The van der Waals surface area contributed by atoms with Crippen molar-refractivity contribution in [3.05, 3.63) is 80.8 Å². The molecule has 1 aliphatic rings. The number of aliphatic hydroxyl groups is 1. The molecule has 0 radical (unpaired) electrons. The molecule has 3 aromatic rings. The number of thiazole rings is 1. The number of halogens is 1. The first kappa shape index (κ1) is 23.5. The molecule has 34 heavy (non-hydrogen) atoms. The Hall–Kier alpha value is -3.69. The smallest absolute Gasteiger partial charge is 0.350 e. The van der Waals surface area contributed by atoms with Gasteiger partial charge < -0.3 is 14.6 Å². The summed E-state index contributed by atoms with van der Waals surface area (Å²) in [5, 5.41) is 11.8. The van der Waals surface area contributed by atoms with Crippen molar-refractivity contribution in [1.29, 1.82) is 0 Å². The Kier molecular flexibility index (Phi) is 6.41. The number of Topliss-reactive ketones (excluding diaryl/α,β-unsaturated/α-hetero) is 1. The molecule has 10 heteroatoms. The quantitative estimate of drug-likeness (QED) is 0.238. The minimum atomic E-state index is -1.00. The molecular formula is C24H19ClN2O6S. The SMILES string of the molecule is COC(=O)c1sc(N2C(=O)C(=O)C(=C(O)c3cccc(OC)c3)[C@@H]2c2ccc(Cl)cc2)nc1C. The van der Waals surface area contributed by atoms with Crippen molar-refractivity contribution in [2.75, 3.05) is 19.1 Å². The number of ether oxygens (including phenoxy) is 2. The lowest BCUT2D eigenvalue weighted by molar-refractivity contribution is -0.132. The first-order valence-corrected chi connectivity index (χ1v) is 11.2. The summed E-state index contributed by atoms with van der Waals surface area (Å²) in [6.07, 6.45) is 0. The van der Waals surface area contributed by atoms with E-state index in [1.807, 2.05) is 0 Å². The molecule has 0 saturated carbocycles. The van der Waals surface area contributed by atoms with Crippen LogP contribution in [0.2, 0.25) is 5.02 Å². The molecule has 174 valence electrons. The standard InChI is InChI=1S/C24H19ClN2O6S/c1-12-21(23(31)33-3)34-24(26-12)27-18(13-7-9-15(25)10-8-13)17(20(29)22(27)30)19(28)14-5-4-6-16(11-14)32-2/h4-11,18,28H,1-3H3/t18-/m0/s1. The van der Waals surface area contributed by atoms with Crippen LogP contribution in [0.5, 0.6) is 5.75 Å². The van der Waals surface area contributed by atoms with E-state index >= 15 is 0 Å². The van der Waals surface area contributed by atoms with Crippen molar-refractivity contribution in [2.24, 2.45) is 0 Å². The zero-order valence-corrected chi connectivity index (χ0v) is 19.9. The molecule has 2 aromatic carbocycles. The van der Waals surface area contributed by atoms with E-state index in [-0.39, 0.29) is 21.3 Å². The van der Waals surface area contributed by atoms with Gasteiger partial charge in [0.25, 0.3) is 5.78 Å². The number of ketones is 1. The number of nitrogens with zero attached hydrogens (tertiary/aromatic N) is 2. The maximum Gasteiger partial charge on any atom is 0.350 e. The van der Waals surface area contributed by atoms with Gasteiger partial charge in [-0.1, -0.05) is 47.2 Å². The number of hydrogen-bond acceptors (Lipinski definition) is 8. The summed E-state index contributed by atoms with van der Waals surface area (Å²) in [6.45, 7) is 1.61. The molecule has 0 unspecified atom stereocenters. The molecule has 1 amide bonds. The lowest BCUT2D eigenvalue weighted by atomic mass is 9.95. The van der Waals surface area contributed by atoms with Crippen LogP contribution < -0.4 is 9.64 Å². The van der Waals surface area contributed by atoms with Crippen LogP contribution in [0, 0.1) is 6.92 Å². The average Bonchev–Trinajstić information content (AvgIpc) is 3.35. The number of benzene rings is 2. The fourth-order valence-corrected chi connectivity index (χ4v) is 4.82. The minimum absolute atomic E-state index is 0.118. The van der Waals surface area contributed by atoms with Crippen molar-refractivity contribution in [1.82, 2.24) is 4.98 Å². The second kappa shape index (κ2) is 9.28. The molecule has 1 saturated heterocycles. The van der Waals surface area contributed by atoms with Crippen LogP contribution in [-0.4, -0.2) is 42.0 Å². The Labute approximate surface area is 204 Å². The number of methoxy groups -OCH3 is 2. The van der Waals surface area contributed by atoms with Gasteiger partial charge in [0, 0.05) is 10.6 Å². The molecule has 0 aliphatic carbocycles. The molecule has 1 aromatic heterocycles. The molecule has 8 nitrogen and oxygen atoms in total. The van der Waals surface area contributed by atoms with Crippen molar-refractivity contribution < 1.29 is 29.0 Å². The number of esters is 1. The maximum absolute atomic E-state index is 13.2. The number of amides is 1. The molecule has 0 bridgehead atoms. The topological polar surface area (TPSA) is 106 Å². The number of aliphatic hydroxyl groups excluding tert-OH is 1. The van der Waals surface area contributed by atoms with E-state index in [2.05, 4.69) is 4.98 Å². The van der Waals surface area contributed by atoms with E-state index in [9.17, 15) is 19.5 Å². The van der Waals surface area contributed by atoms with Gasteiger partial charge in [-0.3, -0.25) is 14.5 Å². The van der Waals surface area contributed by atoms with Crippen LogP contribution in [0.3, 0.4) is 0 Å². The number of anilines is 1. The van der Waals surface area contributed by atoms with Gasteiger partial charge in [0.15, 0.2) is 5.13 Å². The number of carbonyl (C=O) groups is 3. The monoisotopic (exact) mass is 498 g/mol. The third-order valence-corrected chi connectivity index (χ3v) is 6.72. The Morgan fingerprint density at radius 2 is 1.85 bits per heavy atom. The summed E-state index contributed by atoms with van der Waals surface area (Å²) >= 11 is 6.98. The van der Waals surface area contributed by atoms with E-state index in [4.69, 9.17) is 21.1 Å². The Morgan fingerprint density at radius 3 is 2.50 bits per heavy atom. The van der Waals surface area contributed by atoms with Gasteiger partial charge in [-0.05, 0) is 36.8 Å². The second-order valence-electron chi connectivity index (χ2n) is 7.36. The highest BCUT2D eigenvalue weighted by molar-refractivity contribution is 7.17. The average molecular weight is 499 g/mol. The number of aromatic nitrogens is 1. The molecular weight excluding hydrogens is 480 g/mol. The summed E-state index contributed by atoms with van der Waals surface area (Å²) in [4.78, 5) is 44.3. The highest BCUT2D eigenvalue weighted by Crippen LogP contribution is 2.44. The van der Waals surface area contributed by atoms with Gasteiger partial charge in [-0.25, -0.2) is 9.78 Å². The fraction of sp³-hybridized carbons (Fsp3) is 0.167. The van der Waals surface area contributed by atoms with Crippen LogP contribution in [0.4, 0.5) is 5.13 Å². The number of hydrogen-bond donors (Lipinski definition) is 1. The van der Waals surface area contributed by atoms with Gasteiger partial charge in [0.05, 0.1) is 31.5 Å². The molecule has 1 aliphatic heterocycles. The van der Waals surface area contributed by atoms with Gasteiger partial charge in [0.2, 0.25) is 0 Å². The van der Waals surface area contributed by atoms with E-state index in [0.717, 1.165) is 11.3 Å². The van der Waals surface area contributed by atoms with Gasteiger partial charge in [0.1, 0.15) is 16.4 Å². The molecule has 1 fully saturated rings. The van der Waals surface area contributed by atoms with Crippen LogP contribution >= 0.6 is 22.9 Å². The highest BCUT2D eigenvalue weighted by atomic mass is 35.5. The van der Waals surface area contributed by atoms with E-state index in [1.165, 1.54) is 19.1 Å². The fourth-order valence-electron chi connectivity index (χ4n) is 3.68. The van der Waals surface area contributed by atoms with Gasteiger partial charge >= 0.3 is 11.9 Å². The Morgan fingerprint density at radius 1 is 1.15 bits per heavy atom. The van der Waals surface area contributed by atoms with Crippen molar-refractivity contribution in [3.63, 3.8) is 0 Å². The van der Waals surface area contributed by atoms with Crippen molar-refractivity contribution in [2.45, 2.75) is 13.0 Å². The third kappa shape index (κ3) is 4.04. The van der Waals surface area contributed by atoms with Crippen LogP contribution in [0.15, 0.2) is 54.1 Å². The van der Waals surface area contributed by atoms with Gasteiger partial charge in [-0.2, -0.15) is 0 Å². The second-order valence-corrected chi connectivity index (χ2v) is 8.77. The zero-order chi connectivity index (χ0) is 24.6. The molecule has 1 atom stereocenters. The Bertz CT molecular complexity index is 1330.